The Morgan fingerprint density at radius 1 is 0.850 bits per heavy atom. The second-order valence-electron chi connectivity index (χ2n) is 4.25. The van der Waals surface area contributed by atoms with Crippen molar-refractivity contribution in [2.45, 2.75) is 23.7 Å². The molecule has 20 heavy (non-hydrogen) atoms. The molecule has 0 aromatic heterocycles. The Morgan fingerprint density at radius 2 is 1.35 bits per heavy atom. The van der Waals surface area contributed by atoms with Gasteiger partial charge in [-0.05, 0) is 0 Å². The maximum atomic E-state index is 14.3. The fourth-order valence-corrected chi connectivity index (χ4v) is 1.94. The highest BCUT2D eigenvalue weighted by molar-refractivity contribution is 5.41. The molecule has 1 aromatic rings. The number of hydrogen-bond donors (Lipinski definition) is 0. The minimum atomic E-state index is -5.79. The number of benzene rings is 1. The van der Waals surface area contributed by atoms with Crippen molar-refractivity contribution in [1.82, 2.24) is 0 Å². The van der Waals surface area contributed by atoms with E-state index < -0.39 is 40.9 Å². The fraction of sp³-hybridized carbons (Fsp3) is 0.333. The van der Waals surface area contributed by atoms with Gasteiger partial charge < -0.3 is 0 Å². The highest BCUT2D eigenvalue weighted by Crippen LogP contribution is 2.60. The van der Waals surface area contributed by atoms with Crippen LogP contribution in [0.15, 0.2) is 42.0 Å². The van der Waals surface area contributed by atoms with Gasteiger partial charge in [0.1, 0.15) is 0 Å². The zero-order valence-electron chi connectivity index (χ0n) is 9.49. The van der Waals surface area contributed by atoms with Crippen LogP contribution in [0.1, 0.15) is 5.56 Å². The molecular formula is C12H6F8. The summed E-state index contributed by atoms with van der Waals surface area (Å²) in [5, 5.41) is 0. The molecule has 1 aliphatic rings. The molecule has 0 aliphatic heterocycles. The van der Waals surface area contributed by atoms with Crippen LogP contribution in [-0.2, 0) is 5.67 Å². The maximum Gasteiger partial charge on any atom is 0.357 e. The SMILES string of the molecule is FC1=C(F)C(F)(c2ccccc2)C(F)(F)C(F)(F)C1F. The van der Waals surface area contributed by atoms with Gasteiger partial charge in [-0.1, -0.05) is 30.3 Å². The summed E-state index contributed by atoms with van der Waals surface area (Å²) in [5.41, 5.74) is -6.01. The Balaban J connectivity index is 2.79. The zero-order valence-corrected chi connectivity index (χ0v) is 9.49. The van der Waals surface area contributed by atoms with Gasteiger partial charge >= 0.3 is 11.8 Å². The van der Waals surface area contributed by atoms with E-state index in [0.29, 0.717) is 12.1 Å². The first-order valence-electron chi connectivity index (χ1n) is 5.28. The van der Waals surface area contributed by atoms with Gasteiger partial charge in [0.2, 0.25) is 6.17 Å². The van der Waals surface area contributed by atoms with Gasteiger partial charge in [0.15, 0.2) is 11.7 Å². The lowest BCUT2D eigenvalue weighted by atomic mass is 9.78. The second-order valence-corrected chi connectivity index (χ2v) is 4.25. The zero-order chi connectivity index (χ0) is 15.3. The summed E-state index contributed by atoms with van der Waals surface area (Å²) >= 11 is 0. The van der Waals surface area contributed by atoms with Crippen LogP contribution in [0.5, 0.6) is 0 Å². The number of rotatable bonds is 1. The van der Waals surface area contributed by atoms with Crippen molar-refractivity contribution < 1.29 is 35.1 Å². The highest BCUT2D eigenvalue weighted by atomic mass is 19.3. The van der Waals surface area contributed by atoms with E-state index in [1.807, 2.05) is 0 Å². The van der Waals surface area contributed by atoms with Gasteiger partial charge in [-0.3, -0.25) is 0 Å². The second kappa shape index (κ2) is 4.20. The van der Waals surface area contributed by atoms with Crippen molar-refractivity contribution in [1.29, 1.82) is 0 Å². The summed E-state index contributed by atoms with van der Waals surface area (Å²) in [4.78, 5) is 0. The van der Waals surface area contributed by atoms with Gasteiger partial charge in [0.25, 0.3) is 5.67 Å². The van der Waals surface area contributed by atoms with Crippen molar-refractivity contribution in [2.24, 2.45) is 0 Å². The molecule has 110 valence electrons. The highest BCUT2D eigenvalue weighted by Gasteiger charge is 2.80. The average molecular weight is 302 g/mol. The molecule has 2 atom stereocenters. The van der Waals surface area contributed by atoms with E-state index in [-0.39, 0.29) is 0 Å². The number of hydrogen-bond acceptors (Lipinski definition) is 0. The quantitative estimate of drug-likeness (QED) is 0.664. The van der Waals surface area contributed by atoms with E-state index in [2.05, 4.69) is 0 Å². The van der Waals surface area contributed by atoms with E-state index in [0.717, 1.165) is 12.1 Å². The van der Waals surface area contributed by atoms with Gasteiger partial charge in [0.05, 0.1) is 0 Å². The molecule has 0 N–H and O–H groups in total. The van der Waals surface area contributed by atoms with E-state index in [4.69, 9.17) is 0 Å². The third-order valence-corrected chi connectivity index (χ3v) is 3.08. The van der Waals surface area contributed by atoms with Gasteiger partial charge in [-0.2, -0.15) is 17.6 Å². The average Bonchev–Trinajstić information content (AvgIpc) is 2.43. The molecule has 0 amide bonds. The normalized spacial score (nSPS) is 32.3. The molecule has 1 aromatic carbocycles. The van der Waals surface area contributed by atoms with Crippen molar-refractivity contribution in [3.05, 3.63) is 47.5 Å². The standard InChI is InChI=1S/C12H6F8/c13-7-8(14)10(16,6-4-2-1-3-5-6)12(19,20)11(17,18)9(7)15/h1-5,9H. The van der Waals surface area contributed by atoms with Crippen molar-refractivity contribution in [3.63, 3.8) is 0 Å². The summed E-state index contributed by atoms with van der Waals surface area (Å²) in [6.07, 6.45) is -4.25. The van der Waals surface area contributed by atoms with E-state index in [1.165, 1.54) is 6.07 Å². The predicted molar refractivity (Wildman–Crippen MR) is 53.3 cm³/mol. The number of alkyl halides is 6. The van der Waals surface area contributed by atoms with Crippen molar-refractivity contribution >= 4 is 0 Å². The van der Waals surface area contributed by atoms with Crippen LogP contribution < -0.4 is 0 Å². The lowest BCUT2D eigenvalue weighted by molar-refractivity contribution is -0.298. The van der Waals surface area contributed by atoms with Gasteiger partial charge in [0, 0.05) is 5.56 Å². The monoisotopic (exact) mass is 302 g/mol. The van der Waals surface area contributed by atoms with Crippen LogP contribution in [0.3, 0.4) is 0 Å². The molecule has 0 nitrogen and oxygen atoms in total. The molecule has 0 heterocycles. The molecular weight excluding hydrogens is 296 g/mol. The Labute approximate surface area is 107 Å². The molecule has 0 radical (unpaired) electrons. The van der Waals surface area contributed by atoms with Crippen LogP contribution in [0, 0.1) is 0 Å². The lowest BCUT2D eigenvalue weighted by Gasteiger charge is -2.41. The van der Waals surface area contributed by atoms with Crippen LogP contribution in [0.25, 0.3) is 0 Å². The first kappa shape index (κ1) is 14.8. The van der Waals surface area contributed by atoms with E-state index in [9.17, 15) is 35.1 Å². The largest absolute Gasteiger partial charge is 0.357 e. The lowest BCUT2D eigenvalue weighted by Crippen LogP contribution is -2.62. The molecule has 2 unspecified atom stereocenters. The Morgan fingerprint density at radius 3 is 1.85 bits per heavy atom. The molecule has 0 spiro atoms. The van der Waals surface area contributed by atoms with E-state index in [1.54, 1.807) is 0 Å². The van der Waals surface area contributed by atoms with Crippen molar-refractivity contribution in [3.8, 4) is 0 Å². The van der Waals surface area contributed by atoms with Crippen LogP contribution in [0.4, 0.5) is 35.1 Å². The predicted octanol–water partition coefficient (Wildman–Crippen LogP) is 4.62. The molecule has 1 aliphatic carbocycles. The minimum absolute atomic E-state index is 0.579. The first-order chi connectivity index (χ1) is 9.08. The first-order valence-corrected chi connectivity index (χ1v) is 5.28. The molecule has 8 heteroatoms. The van der Waals surface area contributed by atoms with Crippen LogP contribution in [-0.4, -0.2) is 18.0 Å². The number of halogens is 8. The molecule has 0 fully saturated rings. The molecule has 0 bridgehead atoms. The third-order valence-electron chi connectivity index (χ3n) is 3.08. The van der Waals surface area contributed by atoms with Crippen molar-refractivity contribution in [2.75, 3.05) is 0 Å². The Kier molecular flexibility index (Phi) is 3.10. The Hall–Kier alpha value is -1.60. The summed E-state index contributed by atoms with van der Waals surface area (Å²) in [6.45, 7) is 0. The van der Waals surface area contributed by atoms with Gasteiger partial charge in [-0.25, -0.2) is 17.6 Å². The molecule has 2 rings (SSSR count). The van der Waals surface area contributed by atoms with Crippen LogP contribution >= 0.6 is 0 Å². The minimum Gasteiger partial charge on any atom is -0.233 e. The summed E-state index contributed by atoms with van der Waals surface area (Å²) < 4.78 is 107. The molecule has 0 saturated heterocycles. The third kappa shape index (κ3) is 1.53. The maximum absolute atomic E-state index is 14.3. The summed E-state index contributed by atoms with van der Waals surface area (Å²) in [7, 11) is 0. The van der Waals surface area contributed by atoms with E-state index >= 15 is 0 Å². The van der Waals surface area contributed by atoms with Gasteiger partial charge in [-0.15, -0.1) is 0 Å². The summed E-state index contributed by atoms with van der Waals surface area (Å²) in [5.74, 6) is -17.3. The smallest absolute Gasteiger partial charge is 0.233 e. The van der Waals surface area contributed by atoms with Crippen LogP contribution in [0.2, 0.25) is 0 Å². The summed E-state index contributed by atoms with van der Waals surface area (Å²) in [6, 6.07) is 4.32. The fourth-order valence-electron chi connectivity index (χ4n) is 1.94. The number of allylic oxidation sites excluding steroid dienone is 2. The Bertz CT molecular complexity index is 550. The topological polar surface area (TPSA) is 0 Å². The molecule has 0 saturated carbocycles.